The minimum atomic E-state index is -0.148. The Morgan fingerprint density at radius 3 is 2.84 bits per heavy atom. The number of nitrogens with one attached hydrogen (secondary N) is 2. The quantitative estimate of drug-likeness (QED) is 0.868. The predicted molar refractivity (Wildman–Crippen MR) is 75.4 cm³/mol. The van der Waals surface area contributed by atoms with Crippen LogP contribution in [0, 0.1) is 0 Å². The van der Waals surface area contributed by atoms with Gasteiger partial charge in [0.15, 0.2) is 0 Å². The maximum Gasteiger partial charge on any atom is 0.227 e. The monoisotopic (exact) mass is 262 g/mol. The van der Waals surface area contributed by atoms with Gasteiger partial charge in [0.25, 0.3) is 0 Å². The van der Waals surface area contributed by atoms with Crippen molar-refractivity contribution in [3.63, 3.8) is 0 Å². The van der Waals surface area contributed by atoms with Crippen molar-refractivity contribution in [2.75, 3.05) is 20.2 Å². The molecule has 1 aromatic carbocycles. The first-order chi connectivity index (χ1) is 9.20. The Kier molecular flexibility index (Phi) is 4.80. The molecule has 0 spiro atoms. The number of methoxy groups -OCH3 is 1. The van der Waals surface area contributed by atoms with Gasteiger partial charge in [-0.15, -0.1) is 0 Å². The van der Waals surface area contributed by atoms with Crippen LogP contribution in [0.15, 0.2) is 24.3 Å². The van der Waals surface area contributed by atoms with Gasteiger partial charge in [0.05, 0.1) is 13.0 Å². The van der Waals surface area contributed by atoms with Crippen LogP contribution in [0.4, 0.5) is 0 Å². The van der Waals surface area contributed by atoms with Crippen molar-refractivity contribution in [1.82, 2.24) is 10.6 Å². The summed E-state index contributed by atoms with van der Waals surface area (Å²) < 4.78 is 5.19. The zero-order chi connectivity index (χ0) is 13.7. The van der Waals surface area contributed by atoms with Crippen LogP contribution in [0.3, 0.4) is 0 Å². The van der Waals surface area contributed by atoms with E-state index in [0.717, 1.165) is 37.2 Å². The molecule has 0 saturated carbocycles. The summed E-state index contributed by atoms with van der Waals surface area (Å²) >= 11 is 0. The second-order valence-electron chi connectivity index (χ2n) is 5.03. The minimum absolute atomic E-state index is 0.0974. The number of amides is 1. The van der Waals surface area contributed by atoms with Crippen molar-refractivity contribution in [2.45, 2.75) is 31.7 Å². The van der Waals surface area contributed by atoms with E-state index in [0.29, 0.717) is 6.04 Å². The minimum Gasteiger partial charge on any atom is -0.497 e. The molecule has 0 aromatic heterocycles. The van der Waals surface area contributed by atoms with Gasteiger partial charge < -0.3 is 15.4 Å². The molecule has 0 aliphatic carbocycles. The van der Waals surface area contributed by atoms with Gasteiger partial charge in [0, 0.05) is 6.04 Å². The molecular weight excluding hydrogens is 240 g/mol. The number of carbonyl (C=O) groups is 1. The fraction of sp³-hybridized carbons (Fsp3) is 0.533. The van der Waals surface area contributed by atoms with Crippen molar-refractivity contribution in [1.29, 1.82) is 0 Å². The Labute approximate surface area is 114 Å². The van der Waals surface area contributed by atoms with E-state index in [2.05, 4.69) is 10.6 Å². The highest BCUT2D eigenvalue weighted by molar-refractivity contribution is 5.83. The lowest BCUT2D eigenvalue weighted by atomic mass is 9.98. The number of ether oxygens (including phenoxy) is 1. The van der Waals surface area contributed by atoms with Crippen LogP contribution in [0.1, 0.15) is 31.2 Å². The average Bonchev–Trinajstić information content (AvgIpc) is 2.47. The molecule has 1 atom stereocenters. The molecule has 1 unspecified atom stereocenters. The zero-order valence-corrected chi connectivity index (χ0v) is 11.6. The summed E-state index contributed by atoms with van der Waals surface area (Å²) in [6.45, 7) is 3.90. The Hall–Kier alpha value is -1.55. The highest BCUT2D eigenvalue weighted by Gasteiger charge is 2.20. The lowest BCUT2D eigenvalue weighted by Gasteiger charge is -2.25. The van der Waals surface area contributed by atoms with Gasteiger partial charge in [-0.25, -0.2) is 0 Å². The van der Waals surface area contributed by atoms with Crippen molar-refractivity contribution in [3.05, 3.63) is 29.8 Å². The molecule has 1 fully saturated rings. The fourth-order valence-corrected chi connectivity index (χ4v) is 2.35. The number of piperidine rings is 1. The highest BCUT2D eigenvalue weighted by Crippen LogP contribution is 2.21. The van der Waals surface area contributed by atoms with Gasteiger partial charge in [-0.05, 0) is 50.6 Å². The number of benzene rings is 1. The lowest BCUT2D eigenvalue weighted by molar-refractivity contribution is -0.123. The highest BCUT2D eigenvalue weighted by atomic mass is 16.5. The third-order valence-electron chi connectivity index (χ3n) is 3.67. The van der Waals surface area contributed by atoms with Gasteiger partial charge in [-0.1, -0.05) is 12.1 Å². The molecule has 104 valence electrons. The first-order valence-corrected chi connectivity index (χ1v) is 6.85. The van der Waals surface area contributed by atoms with E-state index >= 15 is 0 Å². The Morgan fingerprint density at radius 2 is 2.16 bits per heavy atom. The summed E-state index contributed by atoms with van der Waals surface area (Å²) in [5.41, 5.74) is 0.991. The average molecular weight is 262 g/mol. The van der Waals surface area contributed by atoms with Crippen LogP contribution < -0.4 is 15.4 Å². The molecule has 2 rings (SSSR count). The SMILES string of the molecule is COc1cccc(C(C)C(=O)NC2CCNCC2)c1. The molecule has 1 amide bonds. The molecular formula is C15H22N2O2. The largest absolute Gasteiger partial charge is 0.497 e. The maximum absolute atomic E-state index is 12.2. The van der Waals surface area contributed by atoms with Crippen molar-refractivity contribution < 1.29 is 9.53 Å². The summed E-state index contributed by atoms with van der Waals surface area (Å²) in [6.07, 6.45) is 2.02. The van der Waals surface area contributed by atoms with Crippen LogP contribution in [0.2, 0.25) is 0 Å². The van der Waals surface area contributed by atoms with E-state index in [1.807, 2.05) is 31.2 Å². The summed E-state index contributed by atoms with van der Waals surface area (Å²) in [4.78, 5) is 12.2. The molecule has 1 aromatic rings. The van der Waals surface area contributed by atoms with Crippen LogP contribution >= 0.6 is 0 Å². The number of hydrogen-bond donors (Lipinski definition) is 2. The summed E-state index contributed by atoms with van der Waals surface area (Å²) in [6, 6.07) is 8.01. The molecule has 4 heteroatoms. The molecule has 1 saturated heterocycles. The van der Waals surface area contributed by atoms with E-state index in [-0.39, 0.29) is 11.8 Å². The van der Waals surface area contributed by atoms with Crippen LogP contribution in [-0.2, 0) is 4.79 Å². The topological polar surface area (TPSA) is 50.4 Å². The van der Waals surface area contributed by atoms with E-state index in [1.54, 1.807) is 7.11 Å². The maximum atomic E-state index is 12.2. The third-order valence-corrected chi connectivity index (χ3v) is 3.67. The number of rotatable bonds is 4. The van der Waals surface area contributed by atoms with Crippen LogP contribution in [0.25, 0.3) is 0 Å². The lowest BCUT2D eigenvalue weighted by Crippen LogP contribution is -2.44. The van der Waals surface area contributed by atoms with Gasteiger partial charge >= 0.3 is 0 Å². The zero-order valence-electron chi connectivity index (χ0n) is 11.6. The Bertz CT molecular complexity index is 428. The van der Waals surface area contributed by atoms with E-state index < -0.39 is 0 Å². The number of hydrogen-bond acceptors (Lipinski definition) is 3. The third kappa shape index (κ3) is 3.70. The summed E-state index contributed by atoms with van der Waals surface area (Å²) in [5.74, 6) is 0.740. The molecule has 0 bridgehead atoms. The molecule has 2 N–H and O–H groups in total. The van der Waals surface area contributed by atoms with Crippen molar-refractivity contribution >= 4 is 5.91 Å². The molecule has 1 aliphatic heterocycles. The van der Waals surface area contributed by atoms with Crippen molar-refractivity contribution in [2.24, 2.45) is 0 Å². The smallest absolute Gasteiger partial charge is 0.227 e. The fourth-order valence-electron chi connectivity index (χ4n) is 2.35. The molecule has 19 heavy (non-hydrogen) atoms. The van der Waals surface area contributed by atoms with Gasteiger partial charge in [0.1, 0.15) is 5.75 Å². The standard InChI is InChI=1S/C15H22N2O2/c1-11(12-4-3-5-14(10-12)19-2)15(18)17-13-6-8-16-9-7-13/h3-5,10-11,13,16H,6-9H2,1-2H3,(H,17,18). The summed E-state index contributed by atoms with van der Waals surface area (Å²) in [5, 5.41) is 6.43. The molecule has 1 aliphatic rings. The second kappa shape index (κ2) is 6.57. The van der Waals surface area contributed by atoms with Gasteiger partial charge in [-0.2, -0.15) is 0 Å². The predicted octanol–water partition coefficient (Wildman–Crippen LogP) is 1.67. The first kappa shape index (κ1) is 13.9. The Morgan fingerprint density at radius 1 is 1.42 bits per heavy atom. The first-order valence-electron chi connectivity index (χ1n) is 6.85. The number of carbonyl (C=O) groups excluding carboxylic acids is 1. The molecule has 4 nitrogen and oxygen atoms in total. The van der Waals surface area contributed by atoms with E-state index in [4.69, 9.17) is 4.74 Å². The second-order valence-corrected chi connectivity index (χ2v) is 5.03. The van der Waals surface area contributed by atoms with Crippen molar-refractivity contribution in [3.8, 4) is 5.75 Å². The van der Waals surface area contributed by atoms with E-state index in [9.17, 15) is 4.79 Å². The molecule has 1 heterocycles. The van der Waals surface area contributed by atoms with E-state index in [1.165, 1.54) is 0 Å². The van der Waals surface area contributed by atoms with Gasteiger partial charge in [0.2, 0.25) is 5.91 Å². The normalized spacial score (nSPS) is 17.8. The summed E-state index contributed by atoms with van der Waals surface area (Å²) in [7, 11) is 1.64. The molecule has 0 radical (unpaired) electrons. The van der Waals surface area contributed by atoms with Crippen LogP contribution in [0.5, 0.6) is 5.75 Å². The van der Waals surface area contributed by atoms with Crippen LogP contribution in [-0.4, -0.2) is 32.1 Å². The van der Waals surface area contributed by atoms with Gasteiger partial charge in [-0.3, -0.25) is 4.79 Å². The Balaban J connectivity index is 1.97.